The molecule has 0 aromatic heterocycles. The molecule has 0 bridgehead atoms. The van der Waals surface area contributed by atoms with Crippen molar-refractivity contribution >= 4 is 60.2 Å². The van der Waals surface area contributed by atoms with Crippen molar-refractivity contribution in [2.45, 2.75) is 12.3 Å². The molecule has 61 heavy (non-hydrogen) atoms. The van der Waals surface area contributed by atoms with Crippen LogP contribution in [0.25, 0.3) is 76.5 Å². The predicted molar refractivity (Wildman–Crippen MR) is 259 cm³/mol. The third-order valence-corrected chi connectivity index (χ3v) is 13.3. The zero-order valence-corrected chi connectivity index (χ0v) is 33.9. The van der Waals surface area contributed by atoms with Crippen LogP contribution in [0.4, 0.5) is 17.1 Å². The number of benzene rings is 11. The molecule has 0 spiro atoms. The fourth-order valence-corrected chi connectivity index (χ4v) is 10.6. The van der Waals surface area contributed by atoms with Crippen molar-refractivity contribution in [1.29, 1.82) is 0 Å². The summed E-state index contributed by atoms with van der Waals surface area (Å²) in [6.45, 7) is 2.43. The van der Waals surface area contributed by atoms with E-state index < -0.39 is 5.41 Å². The summed E-state index contributed by atoms with van der Waals surface area (Å²) in [5, 5.41) is 9.88. The van der Waals surface area contributed by atoms with Gasteiger partial charge in [0.1, 0.15) is 0 Å². The van der Waals surface area contributed by atoms with Gasteiger partial charge in [0, 0.05) is 16.5 Å². The lowest BCUT2D eigenvalue weighted by Gasteiger charge is -2.35. The maximum atomic E-state index is 2.58. The highest BCUT2D eigenvalue weighted by Crippen LogP contribution is 2.58. The zero-order chi connectivity index (χ0) is 40.5. The Labute approximate surface area is 356 Å². The molecular weight excluding hydrogens is 735 g/mol. The van der Waals surface area contributed by atoms with Crippen molar-refractivity contribution < 1.29 is 0 Å². The highest BCUT2D eigenvalue weighted by molar-refractivity contribution is 6.23. The third-order valence-electron chi connectivity index (χ3n) is 13.3. The van der Waals surface area contributed by atoms with Gasteiger partial charge in [-0.2, -0.15) is 0 Å². The summed E-state index contributed by atoms with van der Waals surface area (Å²) < 4.78 is 0. The van der Waals surface area contributed by atoms with Gasteiger partial charge in [0.25, 0.3) is 0 Å². The molecule has 0 amide bonds. The molecule has 0 saturated carbocycles. The first-order valence-corrected chi connectivity index (χ1v) is 21.3. The smallest absolute Gasteiger partial charge is 0.0546 e. The first kappa shape index (κ1) is 35.2. The van der Waals surface area contributed by atoms with Crippen molar-refractivity contribution in [3.05, 3.63) is 247 Å². The largest absolute Gasteiger partial charge is 0.309 e. The normalized spacial score (nSPS) is 14.4. The molecule has 286 valence electrons. The van der Waals surface area contributed by atoms with Gasteiger partial charge in [-0.05, 0) is 119 Å². The van der Waals surface area contributed by atoms with Crippen LogP contribution >= 0.6 is 0 Å². The van der Waals surface area contributed by atoms with E-state index in [1.165, 1.54) is 98.8 Å². The van der Waals surface area contributed by atoms with Crippen molar-refractivity contribution in [3.63, 3.8) is 0 Å². The molecule has 0 N–H and O–H groups in total. The van der Waals surface area contributed by atoms with E-state index >= 15 is 0 Å². The standard InChI is InChI=1S/C60H41N/c1-60(43-25-9-4-10-26-43)54-34-18-17-30-49(54)52-33-19-35-55(59(52)60)61(56-38-42-24-11-12-27-45(42)46-28-13-15-31-50(46)56)44-36-37-48-47-29-14-16-32-51(47)57(40-20-5-2-6-21-40)58(53(48)39-44)41-22-7-3-8-23-41/h2-39H,1H3. The number of anilines is 3. The molecule has 1 heteroatoms. The Morgan fingerprint density at radius 2 is 0.869 bits per heavy atom. The second kappa shape index (κ2) is 13.9. The second-order valence-electron chi connectivity index (χ2n) is 16.5. The number of fused-ring (bicyclic) bond motifs is 9. The Morgan fingerprint density at radius 1 is 0.344 bits per heavy atom. The Kier molecular flexibility index (Phi) is 8.05. The minimum Gasteiger partial charge on any atom is -0.309 e. The van der Waals surface area contributed by atoms with Gasteiger partial charge in [-0.15, -0.1) is 0 Å². The SMILES string of the molecule is CC1(c2ccccc2)c2ccccc2-c2cccc(N(c3ccc4c(c3)c(-c3ccccc3)c(-c3ccccc3)c3ccccc34)c3cc4ccccc4c4ccccc34)c21. The summed E-state index contributed by atoms with van der Waals surface area (Å²) in [5.41, 5.74) is 14.4. The zero-order valence-electron chi connectivity index (χ0n) is 33.9. The number of nitrogens with zero attached hydrogens (tertiary/aromatic N) is 1. The number of hydrogen-bond donors (Lipinski definition) is 0. The Hall–Kier alpha value is -7.74. The minimum absolute atomic E-state index is 0.419. The molecule has 1 atom stereocenters. The quantitative estimate of drug-likeness (QED) is 0.152. The summed E-state index contributed by atoms with van der Waals surface area (Å²) in [4.78, 5) is 2.58. The van der Waals surface area contributed by atoms with Crippen molar-refractivity contribution in [2.24, 2.45) is 0 Å². The molecule has 1 aliphatic carbocycles. The first-order chi connectivity index (χ1) is 30.2. The first-order valence-electron chi connectivity index (χ1n) is 21.3. The summed E-state index contributed by atoms with van der Waals surface area (Å²) in [5.74, 6) is 0. The monoisotopic (exact) mass is 775 g/mol. The Balaban J connectivity index is 1.24. The summed E-state index contributed by atoms with van der Waals surface area (Å²) in [7, 11) is 0. The predicted octanol–water partition coefficient (Wildman–Crippen LogP) is 16.4. The van der Waals surface area contributed by atoms with E-state index in [1.54, 1.807) is 0 Å². The van der Waals surface area contributed by atoms with Gasteiger partial charge < -0.3 is 4.90 Å². The van der Waals surface area contributed by atoms with Crippen LogP contribution in [0.2, 0.25) is 0 Å². The average molecular weight is 776 g/mol. The van der Waals surface area contributed by atoms with E-state index in [9.17, 15) is 0 Å². The maximum absolute atomic E-state index is 2.58. The van der Waals surface area contributed by atoms with Gasteiger partial charge >= 0.3 is 0 Å². The number of rotatable bonds is 6. The highest BCUT2D eigenvalue weighted by Gasteiger charge is 2.43. The molecule has 12 rings (SSSR count). The maximum Gasteiger partial charge on any atom is 0.0546 e. The molecule has 1 unspecified atom stereocenters. The molecule has 1 nitrogen and oxygen atoms in total. The summed E-state index contributed by atoms with van der Waals surface area (Å²) in [6, 6.07) is 85.3. The molecule has 0 radical (unpaired) electrons. The van der Waals surface area contributed by atoms with Crippen LogP contribution in [-0.2, 0) is 5.41 Å². The van der Waals surface area contributed by atoms with Gasteiger partial charge in [-0.1, -0.05) is 206 Å². The molecule has 0 aliphatic heterocycles. The fraction of sp³-hybridized carbons (Fsp3) is 0.0333. The molecule has 11 aromatic rings. The molecule has 0 heterocycles. The van der Waals surface area contributed by atoms with Gasteiger partial charge in [-0.25, -0.2) is 0 Å². The molecular formula is C60H41N. The van der Waals surface area contributed by atoms with E-state index in [4.69, 9.17) is 0 Å². The lowest BCUT2D eigenvalue weighted by molar-refractivity contribution is 0.714. The van der Waals surface area contributed by atoms with Crippen molar-refractivity contribution in [1.82, 2.24) is 0 Å². The number of hydrogen-bond acceptors (Lipinski definition) is 1. The van der Waals surface area contributed by atoms with E-state index in [0.29, 0.717) is 0 Å². The van der Waals surface area contributed by atoms with Crippen LogP contribution in [0.3, 0.4) is 0 Å². The van der Waals surface area contributed by atoms with Crippen molar-refractivity contribution in [3.8, 4) is 33.4 Å². The molecule has 0 saturated heterocycles. The van der Waals surface area contributed by atoms with Crippen LogP contribution in [0.1, 0.15) is 23.6 Å². The van der Waals surface area contributed by atoms with Gasteiger partial charge in [0.15, 0.2) is 0 Å². The van der Waals surface area contributed by atoms with E-state index in [0.717, 1.165) is 11.4 Å². The van der Waals surface area contributed by atoms with E-state index in [-0.39, 0.29) is 0 Å². The van der Waals surface area contributed by atoms with E-state index in [1.807, 2.05) is 0 Å². The van der Waals surface area contributed by atoms with E-state index in [2.05, 4.69) is 242 Å². The summed E-state index contributed by atoms with van der Waals surface area (Å²) in [6.07, 6.45) is 0. The van der Waals surface area contributed by atoms with Crippen LogP contribution in [0.5, 0.6) is 0 Å². The molecule has 1 aliphatic rings. The van der Waals surface area contributed by atoms with Gasteiger partial charge in [-0.3, -0.25) is 0 Å². The lowest BCUT2D eigenvalue weighted by atomic mass is 9.73. The van der Waals surface area contributed by atoms with Gasteiger partial charge in [0.2, 0.25) is 0 Å². The molecule has 11 aromatic carbocycles. The Morgan fingerprint density at radius 3 is 1.59 bits per heavy atom. The van der Waals surface area contributed by atoms with Crippen LogP contribution in [0.15, 0.2) is 231 Å². The van der Waals surface area contributed by atoms with Crippen LogP contribution in [-0.4, -0.2) is 0 Å². The second-order valence-corrected chi connectivity index (χ2v) is 16.5. The lowest BCUT2D eigenvalue weighted by Crippen LogP contribution is -2.25. The average Bonchev–Trinajstić information content (AvgIpc) is 3.61. The Bertz CT molecular complexity index is 3480. The minimum atomic E-state index is -0.419. The van der Waals surface area contributed by atoms with Gasteiger partial charge in [0.05, 0.1) is 11.4 Å². The molecule has 0 fully saturated rings. The third kappa shape index (κ3) is 5.34. The van der Waals surface area contributed by atoms with Crippen LogP contribution in [0, 0.1) is 0 Å². The van der Waals surface area contributed by atoms with Crippen LogP contribution < -0.4 is 4.90 Å². The van der Waals surface area contributed by atoms with Crippen molar-refractivity contribution in [2.75, 3.05) is 4.90 Å². The summed E-state index contributed by atoms with van der Waals surface area (Å²) >= 11 is 0. The topological polar surface area (TPSA) is 3.24 Å². The fourth-order valence-electron chi connectivity index (χ4n) is 10.6. The highest BCUT2D eigenvalue weighted by atomic mass is 15.1.